The minimum absolute atomic E-state index is 0.376. The summed E-state index contributed by atoms with van der Waals surface area (Å²) in [6, 6.07) is 16.8. The summed E-state index contributed by atoms with van der Waals surface area (Å²) in [6.07, 6.45) is 0. The number of ether oxygens (including phenoxy) is 1. The lowest BCUT2D eigenvalue weighted by Crippen LogP contribution is -2.22. The third-order valence-corrected chi connectivity index (χ3v) is 3.77. The van der Waals surface area contributed by atoms with E-state index in [9.17, 15) is 15.2 Å². The van der Waals surface area contributed by atoms with Gasteiger partial charge >= 0.3 is 5.97 Å². The van der Waals surface area contributed by atoms with Crippen molar-refractivity contribution >= 4 is 5.97 Å². The number of nitrogens with zero attached hydrogens (tertiary/aromatic N) is 1. The Labute approximate surface area is 122 Å². The van der Waals surface area contributed by atoms with Crippen LogP contribution in [0.2, 0.25) is 0 Å². The van der Waals surface area contributed by atoms with Crippen molar-refractivity contribution in [1.29, 1.82) is 5.26 Å². The fourth-order valence-corrected chi connectivity index (χ4v) is 2.79. The smallest absolute Gasteiger partial charge is 0.321 e. The Kier molecular flexibility index (Phi) is 3.33. The second kappa shape index (κ2) is 5.29. The topological polar surface area (TPSA) is 70.3 Å². The van der Waals surface area contributed by atoms with E-state index in [-0.39, 0.29) is 0 Å². The van der Waals surface area contributed by atoms with Crippen LogP contribution in [0.25, 0.3) is 0 Å². The number of para-hydroxylation sites is 1. The predicted molar refractivity (Wildman–Crippen MR) is 75.8 cm³/mol. The van der Waals surface area contributed by atoms with Gasteiger partial charge in [-0.25, -0.2) is 0 Å². The van der Waals surface area contributed by atoms with Gasteiger partial charge in [-0.2, -0.15) is 5.26 Å². The molecule has 4 heteroatoms. The zero-order valence-corrected chi connectivity index (χ0v) is 11.2. The van der Waals surface area contributed by atoms with Crippen LogP contribution in [-0.2, 0) is 11.4 Å². The molecule has 0 saturated carbocycles. The molecule has 0 fully saturated rings. The molecule has 1 heterocycles. The molecule has 1 aliphatic heterocycles. The lowest BCUT2D eigenvalue weighted by Gasteiger charge is -2.20. The van der Waals surface area contributed by atoms with Gasteiger partial charge in [-0.1, -0.05) is 42.5 Å². The Balaban J connectivity index is 2.25. The third-order valence-electron chi connectivity index (χ3n) is 3.77. The Bertz CT molecular complexity index is 685. The number of carboxylic acid groups (broad SMARTS) is 1. The number of aliphatic carboxylic acids is 1. The Morgan fingerprint density at radius 1 is 1.19 bits per heavy atom. The number of hydrogen-bond donors (Lipinski definition) is 1. The molecule has 0 saturated heterocycles. The van der Waals surface area contributed by atoms with Gasteiger partial charge in [0, 0.05) is 11.5 Å². The van der Waals surface area contributed by atoms with E-state index >= 15 is 0 Å². The lowest BCUT2D eigenvalue weighted by atomic mass is 9.79. The maximum Gasteiger partial charge on any atom is 0.321 e. The molecule has 0 bridgehead atoms. The molecule has 2 atom stereocenters. The highest BCUT2D eigenvalue weighted by molar-refractivity contribution is 5.76. The van der Waals surface area contributed by atoms with Crippen LogP contribution in [0.15, 0.2) is 48.5 Å². The molecule has 2 unspecified atom stereocenters. The number of hydrogen-bond acceptors (Lipinski definition) is 3. The first-order chi connectivity index (χ1) is 10.2. The summed E-state index contributed by atoms with van der Waals surface area (Å²) in [5.41, 5.74) is 2.51. The standard InChI is InChI=1S/C17H13NO3/c18-9-14(17(19)20)16-12-6-2-1-5-11(12)10-21-15-8-4-3-7-13(15)16/h1-8,14,16H,10H2,(H,19,20). The average molecular weight is 279 g/mol. The van der Waals surface area contributed by atoms with Crippen LogP contribution in [0, 0.1) is 17.2 Å². The van der Waals surface area contributed by atoms with E-state index in [0.29, 0.717) is 12.4 Å². The molecule has 4 nitrogen and oxygen atoms in total. The van der Waals surface area contributed by atoms with Gasteiger partial charge in [0.25, 0.3) is 0 Å². The van der Waals surface area contributed by atoms with Crippen LogP contribution in [-0.4, -0.2) is 11.1 Å². The Hall–Kier alpha value is -2.80. The van der Waals surface area contributed by atoms with Gasteiger partial charge < -0.3 is 9.84 Å². The molecule has 0 spiro atoms. The van der Waals surface area contributed by atoms with Crippen LogP contribution in [0.3, 0.4) is 0 Å². The van der Waals surface area contributed by atoms with E-state index in [2.05, 4.69) is 0 Å². The minimum atomic E-state index is -1.14. The van der Waals surface area contributed by atoms with E-state index in [0.717, 1.165) is 16.7 Å². The van der Waals surface area contributed by atoms with Gasteiger partial charge in [-0.3, -0.25) is 4.79 Å². The first-order valence-corrected chi connectivity index (χ1v) is 6.64. The zero-order valence-electron chi connectivity index (χ0n) is 11.2. The number of fused-ring (bicyclic) bond motifs is 2. The van der Waals surface area contributed by atoms with Crippen molar-refractivity contribution in [3.05, 3.63) is 65.2 Å². The Morgan fingerprint density at radius 3 is 2.57 bits per heavy atom. The highest BCUT2D eigenvalue weighted by Gasteiger charge is 2.35. The number of rotatable bonds is 2. The average Bonchev–Trinajstić information content (AvgIpc) is 2.66. The van der Waals surface area contributed by atoms with Crippen molar-refractivity contribution in [1.82, 2.24) is 0 Å². The minimum Gasteiger partial charge on any atom is -0.489 e. The largest absolute Gasteiger partial charge is 0.489 e. The van der Waals surface area contributed by atoms with E-state index in [4.69, 9.17) is 4.74 Å². The SMILES string of the molecule is N#CC(C(=O)O)C1c2ccccc2COc2ccccc21. The summed E-state index contributed by atoms with van der Waals surface area (Å²) in [5, 5.41) is 18.7. The van der Waals surface area contributed by atoms with Crippen molar-refractivity contribution in [3.63, 3.8) is 0 Å². The van der Waals surface area contributed by atoms with Crippen molar-refractivity contribution in [2.24, 2.45) is 5.92 Å². The third kappa shape index (κ3) is 2.23. The predicted octanol–water partition coefficient (Wildman–Crippen LogP) is 2.94. The first-order valence-electron chi connectivity index (χ1n) is 6.64. The number of nitriles is 1. The highest BCUT2D eigenvalue weighted by Crippen LogP contribution is 2.41. The maximum atomic E-state index is 11.5. The molecule has 0 amide bonds. The number of carboxylic acids is 1. The second-order valence-electron chi connectivity index (χ2n) is 4.95. The lowest BCUT2D eigenvalue weighted by molar-refractivity contribution is -0.140. The summed E-state index contributed by atoms with van der Waals surface area (Å²) in [5.74, 6) is -2.15. The molecular weight excluding hydrogens is 266 g/mol. The van der Waals surface area contributed by atoms with Crippen LogP contribution in [0.1, 0.15) is 22.6 Å². The fraction of sp³-hybridized carbons (Fsp3) is 0.176. The molecule has 3 rings (SSSR count). The van der Waals surface area contributed by atoms with Crippen LogP contribution >= 0.6 is 0 Å². The summed E-state index contributed by atoms with van der Waals surface area (Å²) >= 11 is 0. The quantitative estimate of drug-likeness (QED) is 0.917. The molecule has 1 N–H and O–H groups in total. The molecule has 2 aromatic carbocycles. The van der Waals surface area contributed by atoms with Crippen molar-refractivity contribution in [3.8, 4) is 11.8 Å². The van der Waals surface area contributed by atoms with Crippen molar-refractivity contribution in [2.45, 2.75) is 12.5 Å². The van der Waals surface area contributed by atoms with Crippen molar-refractivity contribution in [2.75, 3.05) is 0 Å². The molecule has 0 aromatic heterocycles. The van der Waals surface area contributed by atoms with Gasteiger partial charge in [0.1, 0.15) is 12.4 Å². The summed E-state index contributed by atoms with van der Waals surface area (Å²) in [4.78, 5) is 11.5. The van der Waals surface area contributed by atoms with E-state index in [1.54, 1.807) is 0 Å². The monoisotopic (exact) mass is 279 g/mol. The van der Waals surface area contributed by atoms with Crippen LogP contribution in [0.4, 0.5) is 0 Å². The van der Waals surface area contributed by atoms with Crippen molar-refractivity contribution < 1.29 is 14.6 Å². The number of benzene rings is 2. The zero-order chi connectivity index (χ0) is 14.8. The molecule has 104 valence electrons. The van der Waals surface area contributed by atoms with E-state index in [1.807, 2.05) is 54.6 Å². The number of carbonyl (C=O) groups is 1. The summed E-state index contributed by atoms with van der Waals surface area (Å²) < 4.78 is 5.78. The summed E-state index contributed by atoms with van der Waals surface area (Å²) in [6.45, 7) is 0.376. The van der Waals surface area contributed by atoms with Gasteiger partial charge in [0.05, 0.1) is 6.07 Å². The maximum absolute atomic E-state index is 11.5. The van der Waals surface area contributed by atoms with Crippen LogP contribution < -0.4 is 4.74 Å². The highest BCUT2D eigenvalue weighted by atomic mass is 16.5. The summed E-state index contributed by atoms with van der Waals surface area (Å²) in [7, 11) is 0. The first kappa shape index (κ1) is 13.2. The molecule has 21 heavy (non-hydrogen) atoms. The fourth-order valence-electron chi connectivity index (χ4n) is 2.79. The van der Waals surface area contributed by atoms with Gasteiger partial charge in [-0.15, -0.1) is 0 Å². The van der Waals surface area contributed by atoms with E-state index < -0.39 is 17.8 Å². The molecule has 2 aromatic rings. The van der Waals surface area contributed by atoms with Gasteiger partial charge in [0.15, 0.2) is 5.92 Å². The van der Waals surface area contributed by atoms with Gasteiger partial charge in [0.2, 0.25) is 0 Å². The van der Waals surface area contributed by atoms with Crippen LogP contribution in [0.5, 0.6) is 5.75 Å². The molecular formula is C17H13NO3. The van der Waals surface area contributed by atoms with Gasteiger partial charge in [-0.05, 0) is 17.2 Å². The molecule has 0 radical (unpaired) electrons. The Morgan fingerprint density at radius 2 is 1.86 bits per heavy atom. The molecule has 0 aliphatic carbocycles. The normalized spacial score (nSPS) is 17.4. The van der Waals surface area contributed by atoms with E-state index in [1.165, 1.54) is 0 Å². The molecule has 1 aliphatic rings. The second-order valence-corrected chi connectivity index (χ2v) is 4.95.